The molecule has 3 atom stereocenters. The average Bonchev–Trinajstić information content (AvgIpc) is 3.72. The number of nitrogens with two attached hydrogens (primary N) is 1. The Bertz CT molecular complexity index is 2020. The van der Waals surface area contributed by atoms with Gasteiger partial charge in [-0.2, -0.15) is 13.2 Å². The number of alkyl halides is 3. The van der Waals surface area contributed by atoms with E-state index in [0.717, 1.165) is 40.8 Å². The van der Waals surface area contributed by atoms with E-state index >= 15 is 4.39 Å². The van der Waals surface area contributed by atoms with E-state index in [9.17, 15) is 45.7 Å². The quantitative estimate of drug-likeness (QED) is 0.0715. The van der Waals surface area contributed by atoms with Crippen molar-refractivity contribution in [3.63, 3.8) is 0 Å². The number of unbranched alkanes of at least 4 members (excludes halogenated alkanes) is 1. The van der Waals surface area contributed by atoms with Crippen molar-refractivity contribution in [2.24, 2.45) is 11.1 Å². The number of nitrogens with one attached hydrogen (secondary N) is 1. The number of amides is 4. The first-order valence-electron chi connectivity index (χ1n) is 18.8. The number of imide groups is 1. The van der Waals surface area contributed by atoms with Crippen LogP contribution in [0, 0.1) is 17.0 Å². The van der Waals surface area contributed by atoms with Gasteiger partial charge in [0.25, 0.3) is 17.7 Å². The second-order valence-corrected chi connectivity index (χ2v) is 16.4. The van der Waals surface area contributed by atoms with Gasteiger partial charge in [0.15, 0.2) is 6.10 Å². The summed E-state index contributed by atoms with van der Waals surface area (Å²) in [5.74, 6) is -7.03. The van der Waals surface area contributed by atoms with Crippen LogP contribution >= 0.6 is 0 Å². The van der Waals surface area contributed by atoms with Crippen LogP contribution in [0.1, 0.15) is 63.9 Å². The van der Waals surface area contributed by atoms with E-state index in [-0.39, 0.29) is 62.6 Å². The van der Waals surface area contributed by atoms with Crippen LogP contribution in [0.3, 0.4) is 0 Å². The maximum Gasteiger partial charge on any atom is 0.490 e. The van der Waals surface area contributed by atoms with Crippen molar-refractivity contribution in [2.45, 2.75) is 71.3 Å². The molecule has 4 amide bonds. The summed E-state index contributed by atoms with van der Waals surface area (Å²) >= 11 is 0. The molecule has 0 radical (unpaired) electrons. The number of carbonyl (C=O) groups excluding carboxylic acids is 5. The lowest BCUT2D eigenvalue weighted by Gasteiger charge is -2.40. The van der Waals surface area contributed by atoms with Crippen LogP contribution in [0.25, 0.3) is 11.3 Å². The normalized spacial score (nSPS) is 14.6. The molecule has 1 aliphatic heterocycles. The molecule has 59 heavy (non-hydrogen) atoms. The number of imidazole rings is 1. The number of esters is 1. The van der Waals surface area contributed by atoms with Gasteiger partial charge < -0.3 is 25.3 Å². The number of nitrogens with zero attached hydrogens (tertiary/aromatic N) is 4. The third-order valence-electron chi connectivity index (χ3n) is 9.19. The van der Waals surface area contributed by atoms with Crippen molar-refractivity contribution in [2.75, 3.05) is 37.7 Å². The Balaban J connectivity index is 1.49. The van der Waals surface area contributed by atoms with Gasteiger partial charge in [-0.05, 0) is 61.4 Å². The summed E-state index contributed by atoms with van der Waals surface area (Å²) in [6.07, 6.45) is -3.66. The minimum absolute atomic E-state index is 0.0337. The molecule has 320 valence electrons. The lowest BCUT2D eigenvalue weighted by Crippen LogP contribution is -2.45. The topological polar surface area (TPSA) is 174 Å². The Hall–Kier alpha value is -5.30. The molecule has 13 nitrogen and oxygen atoms in total. The SMILES string of the molecule is CC(C)(C)[C@H](c1nc(-c2cc(F)ccc2F)cn1Cc1ccccc1)N(CCCN)C(=O)CS(=O)CCCCC(OC(=O)C(F)(F)F)C(=O)NCCN1C(=O)C=CC1=O. The van der Waals surface area contributed by atoms with Crippen LogP contribution in [-0.2, 0) is 46.1 Å². The highest BCUT2D eigenvalue weighted by Gasteiger charge is 2.43. The molecule has 3 aromatic rings. The highest BCUT2D eigenvalue weighted by Crippen LogP contribution is 2.39. The number of aromatic nitrogens is 2. The number of rotatable bonds is 20. The van der Waals surface area contributed by atoms with E-state index < -0.39 is 87.9 Å². The van der Waals surface area contributed by atoms with Crippen LogP contribution in [0.15, 0.2) is 66.9 Å². The minimum atomic E-state index is -5.39. The molecule has 0 spiro atoms. The third kappa shape index (κ3) is 13.1. The molecule has 3 N–H and O–H groups in total. The Morgan fingerprint density at radius 2 is 1.66 bits per heavy atom. The van der Waals surface area contributed by atoms with E-state index in [4.69, 9.17) is 10.7 Å². The Morgan fingerprint density at radius 3 is 2.29 bits per heavy atom. The van der Waals surface area contributed by atoms with Crippen LogP contribution < -0.4 is 11.1 Å². The Kier molecular flexibility index (Phi) is 16.2. The van der Waals surface area contributed by atoms with Gasteiger partial charge in [0.1, 0.15) is 23.2 Å². The standard InChI is InChI=1S/C40H47F5N6O7S/c1-39(2,3)35(36-48-30(28-22-27(41)13-14-29(28)42)24-49(36)23-26-10-5-4-6-11-26)51(19-9-17-46)34(54)25-59(57)21-8-7-12-31(58-38(56)40(43,44)45)37(55)47-18-20-50-32(52)15-16-33(50)53/h4-6,10-11,13-16,22,24,31,35H,7-9,12,17-21,23,25,46H2,1-3H3,(H,47,55)/t31?,35-,59?/m0/s1. The van der Waals surface area contributed by atoms with Gasteiger partial charge in [0.2, 0.25) is 5.91 Å². The van der Waals surface area contributed by atoms with Gasteiger partial charge in [-0.3, -0.25) is 28.3 Å². The van der Waals surface area contributed by atoms with Crippen molar-refractivity contribution in [3.8, 4) is 11.3 Å². The Morgan fingerprint density at radius 1 is 0.983 bits per heavy atom. The molecule has 1 aromatic heterocycles. The maximum absolute atomic E-state index is 15.1. The summed E-state index contributed by atoms with van der Waals surface area (Å²) in [6, 6.07) is 11.6. The summed E-state index contributed by atoms with van der Waals surface area (Å²) in [7, 11) is -1.81. The molecule has 2 heterocycles. The molecule has 0 fully saturated rings. The first kappa shape index (κ1) is 46.4. The van der Waals surface area contributed by atoms with Gasteiger partial charge in [-0.25, -0.2) is 18.6 Å². The van der Waals surface area contributed by atoms with Crippen LogP contribution in [0.2, 0.25) is 0 Å². The summed E-state index contributed by atoms with van der Waals surface area (Å²) < 4.78 is 88.1. The number of hydrogen-bond donors (Lipinski definition) is 2. The fourth-order valence-corrected chi connectivity index (χ4v) is 7.53. The fraction of sp³-hybridized carbons (Fsp3) is 0.450. The maximum atomic E-state index is 15.1. The van der Waals surface area contributed by atoms with Crippen molar-refractivity contribution in [1.29, 1.82) is 0 Å². The monoisotopic (exact) mass is 850 g/mol. The van der Waals surface area contributed by atoms with Gasteiger partial charge in [0.05, 0.1) is 11.7 Å². The van der Waals surface area contributed by atoms with Gasteiger partial charge in [-0.15, -0.1) is 0 Å². The van der Waals surface area contributed by atoms with Gasteiger partial charge in [-0.1, -0.05) is 51.1 Å². The molecule has 19 heteroatoms. The average molecular weight is 851 g/mol. The predicted octanol–water partition coefficient (Wildman–Crippen LogP) is 4.58. The molecule has 4 rings (SSSR count). The second-order valence-electron chi connectivity index (χ2n) is 14.8. The summed E-state index contributed by atoms with van der Waals surface area (Å²) in [5, 5.41) is 2.26. The summed E-state index contributed by atoms with van der Waals surface area (Å²) in [4.78, 5) is 69.1. The van der Waals surface area contributed by atoms with E-state index in [1.54, 1.807) is 10.8 Å². The lowest BCUT2D eigenvalue weighted by atomic mass is 9.84. The number of halogens is 5. The van der Waals surface area contributed by atoms with Crippen molar-refractivity contribution >= 4 is 40.4 Å². The van der Waals surface area contributed by atoms with Crippen molar-refractivity contribution in [3.05, 3.63) is 89.9 Å². The molecule has 0 saturated heterocycles. The third-order valence-corrected chi connectivity index (χ3v) is 10.5. The zero-order valence-electron chi connectivity index (χ0n) is 32.8. The van der Waals surface area contributed by atoms with Crippen molar-refractivity contribution in [1.82, 2.24) is 24.7 Å². The van der Waals surface area contributed by atoms with Gasteiger partial charge in [0, 0.05) is 66.6 Å². The van der Waals surface area contributed by atoms with E-state index in [1.165, 1.54) is 4.90 Å². The minimum Gasteiger partial charge on any atom is -0.446 e. The molecular weight excluding hydrogens is 804 g/mol. The predicted molar refractivity (Wildman–Crippen MR) is 207 cm³/mol. The molecule has 2 aromatic carbocycles. The molecule has 0 saturated carbocycles. The van der Waals surface area contributed by atoms with Crippen LogP contribution in [-0.4, -0.2) is 103 Å². The fourth-order valence-electron chi connectivity index (χ4n) is 6.41. The molecule has 0 bridgehead atoms. The Labute approximate surface area is 340 Å². The highest BCUT2D eigenvalue weighted by atomic mass is 32.2. The number of benzene rings is 2. The van der Waals surface area contributed by atoms with E-state index in [0.29, 0.717) is 12.2 Å². The molecule has 0 aliphatic carbocycles. The first-order chi connectivity index (χ1) is 27.8. The zero-order chi connectivity index (χ0) is 43.5. The van der Waals surface area contributed by atoms with Crippen LogP contribution in [0.5, 0.6) is 0 Å². The number of hydrogen-bond acceptors (Lipinski definition) is 9. The number of carbonyl (C=O) groups is 5. The van der Waals surface area contributed by atoms with Crippen molar-refractivity contribution < 1.29 is 54.9 Å². The summed E-state index contributed by atoms with van der Waals surface area (Å²) in [6.45, 7) is 5.64. The smallest absolute Gasteiger partial charge is 0.446 e. The summed E-state index contributed by atoms with van der Waals surface area (Å²) in [5.41, 5.74) is 6.08. The first-order valence-corrected chi connectivity index (χ1v) is 20.3. The number of ether oxygens (including phenoxy) is 1. The highest BCUT2D eigenvalue weighted by molar-refractivity contribution is 7.85. The largest absolute Gasteiger partial charge is 0.490 e. The second kappa shape index (κ2) is 20.6. The lowest BCUT2D eigenvalue weighted by molar-refractivity contribution is -0.205. The molecular formula is C40H47F5N6O7S. The van der Waals surface area contributed by atoms with E-state index in [1.807, 2.05) is 51.1 Å². The molecule has 2 unspecified atom stereocenters. The molecule has 1 aliphatic rings. The van der Waals surface area contributed by atoms with Gasteiger partial charge >= 0.3 is 12.1 Å². The van der Waals surface area contributed by atoms with E-state index in [2.05, 4.69) is 10.1 Å². The zero-order valence-corrected chi connectivity index (χ0v) is 33.6. The van der Waals surface area contributed by atoms with Crippen LogP contribution in [0.4, 0.5) is 22.0 Å².